The maximum absolute atomic E-state index is 3.35. The molecule has 0 amide bonds. The topological polar surface area (TPSA) is 20.2 Å². The molecule has 294 valence electrons. The molecule has 0 radical (unpaired) electrons. The van der Waals surface area contributed by atoms with Crippen molar-refractivity contribution in [1.29, 1.82) is 0 Å². The van der Waals surface area contributed by atoms with Crippen molar-refractivity contribution in [3.63, 3.8) is 0 Å². The molecule has 1 aliphatic heterocycles. The summed E-state index contributed by atoms with van der Waals surface area (Å²) in [6, 6.07) is 81.3. The van der Waals surface area contributed by atoms with Gasteiger partial charge >= 0.3 is 0 Å². The fraction of sp³-hybridized carbons (Fsp3) is 0.0169. The first-order valence-electron chi connectivity index (χ1n) is 21.3. The normalized spacial score (nSPS) is 12.3. The molecule has 11 rings (SSSR count). The van der Waals surface area contributed by atoms with E-state index in [-0.39, 0.29) is 0 Å². The van der Waals surface area contributed by atoms with E-state index >= 15 is 0 Å². The van der Waals surface area contributed by atoms with E-state index in [2.05, 4.69) is 258 Å². The summed E-state index contributed by atoms with van der Waals surface area (Å²) >= 11 is 0. The molecule has 3 nitrogen and oxygen atoms in total. The van der Waals surface area contributed by atoms with Gasteiger partial charge in [-0.05, 0) is 111 Å². The van der Waals surface area contributed by atoms with Crippen LogP contribution in [0.4, 0.5) is 17.1 Å². The summed E-state index contributed by atoms with van der Waals surface area (Å²) in [5.41, 5.74) is 18.7. The van der Waals surface area contributed by atoms with Crippen molar-refractivity contribution in [1.82, 2.24) is 9.88 Å². The molecule has 3 heteroatoms. The standard InChI is InChI=1S/C59H43N3/c1-5-14-42(15-6-1)43-23-30-51(31-24-43)61(53-34-27-45(28-35-53)49-20-13-39-60-41-49)52-32-25-44(26-33-52)48-29-38-57-56(40-48)58-54(46-16-7-2-8-17-46)36-37-55(47-18-9-3-10-19-47)59(58)62(57)50-21-11-4-12-22-50/h1-38,40-41,60H,39H2. The number of rotatable bonds is 9. The molecule has 9 aromatic carbocycles. The van der Waals surface area contributed by atoms with Gasteiger partial charge in [0.25, 0.3) is 0 Å². The van der Waals surface area contributed by atoms with Crippen molar-refractivity contribution in [3.05, 3.63) is 248 Å². The van der Waals surface area contributed by atoms with Gasteiger partial charge in [0.15, 0.2) is 0 Å². The first kappa shape index (κ1) is 36.9. The van der Waals surface area contributed by atoms with E-state index < -0.39 is 0 Å². The number of dihydropyridines is 1. The number of hydrogen-bond donors (Lipinski definition) is 1. The highest BCUT2D eigenvalue weighted by molar-refractivity contribution is 6.20. The molecule has 1 aromatic heterocycles. The Morgan fingerprint density at radius 3 is 1.44 bits per heavy atom. The molecule has 0 aliphatic carbocycles. The summed E-state index contributed by atoms with van der Waals surface area (Å²) in [5.74, 6) is 0. The minimum Gasteiger partial charge on any atom is -0.387 e. The first-order chi connectivity index (χ1) is 30.8. The van der Waals surface area contributed by atoms with Crippen molar-refractivity contribution in [2.75, 3.05) is 11.4 Å². The number of fused-ring (bicyclic) bond motifs is 3. The number of anilines is 3. The highest BCUT2D eigenvalue weighted by Crippen LogP contribution is 2.45. The Morgan fingerprint density at radius 2 is 0.871 bits per heavy atom. The van der Waals surface area contributed by atoms with Gasteiger partial charge in [-0.1, -0.05) is 176 Å². The number of aromatic nitrogens is 1. The summed E-state index contributed by atoms with van der Waals surface area (Å²) < 4.78 is 2.45. The second-order valence-electron chi connectivity index (χ2n) is 15.8. The predicted molar refractivity (Wildman–Crippen MR) is 262 cm³/mol. The summed E-state index contributed by atoms with van der Waals surface area (Å²) in [4.78, 5) is 2.35. The number of hydrogen-bond acceptors (Lipinski definition) is 2. The molecule has 0 saturated carbocycles. The Bertz CT molecular complexity index is 3220. The molecule has 2 heterocycles. The van der Waals surface area contributed by atoms with Crippen LogP contribution < -0.4 is 10.2 Å². The molecule has 1 aliphatic rings. The minimum absolute atomic E-state index is 0.860. The smallest absolute Gasteiger partial charge is 0.0625 e. The number of nitrogens with one attached hydrogen (secondary N) is 1. The molecule has 0 saturated heterocycles. The van der Waals surface area contributed by atoms with E-state index in [0.717, 1.165) is 34.9 Å². The number of para-hydroxylation sites is 1. The van der Waals surface area contributed by atoms with Crippen LogP contribution in [0, 0.1) is 0 Å². The fourth-order valence-corrected chi connectivity index (χ4v) is 9.02. The number of nitrogens with zero attached hydrogens (tertiary/aromatic N) is 2. The van der Waals surface area contributed by atoms with Crippen molar-refractivity contribution in [2.45, 2.75) is 0 Å². The second-order valence-corrected chi connectivity index (χ2v) is 15.8. The third kappa shape index (κ3) is 6.86. The van der Waals surface area contributed by atoms with Crippen molar-refractivity contribution >= 4 is 44.4 Å². The SMILES string of the molecule is C1=CC(c2ccc(N(c3ccc(-c4ccccc4)cc3)c3ccc(-c4ccc5c(c4)c4c(-c6ccccc6)ccc(-c6ccccc6)c4n5-c4ccccc4)cc3)cc2)=CNC1. The maximum Gasteiger partial charge on any atom is 0.0625 e. The van der Waals surface area contributed by atoms with Crippen molar-refractivity contribution in [3.8, 4) is 50.2 Å². The lowest BCUT2D eigenvalue weighted by Gasteiger charge is -2.26. The van der Waals surface area contributed by atoms with Crippen LogP contribution in [0.3, 0.4) is 0 Å². The lowest BCUT2D eigenvalue weighted by atomic mass is 9.93. The Labute approximate surface area is 362 Å². The molecular weight excluding hydrogens is 751 g/mol. The molecule has 0 spiro atoms. The summed E-state index contributed by atoms with van der Waals surface area (Å²) in [7, 11) is 0. The van der Waals surface area contributed by atoms with E-state index in [9.17, 15) is 0 Å². The van der Waals surface area contributed by atoms with Crippen LogP contribution in [0.25, 0.3) is 77.6 Å². The van der Waals surface area contributed by atoms with Gasteiger partial charge < -0.3 is 14.8 Å². The van der Waals surface area contributed by atoms with Crippen LogP contribution in [-0.4, -0.2) is 11.1 Å². The van der Waals surface area contributed by atoms with Gasteiger partial charge in [0, 0.05) is 51.8 Å². The lowest BCUT2D eigenvalue weighted by molar-refractivity contribution is 0.976. The molecule has 0 bridgehead atoms. The van der Waals surface area contributed by atoms with Gasteiger partial charge in [0.05, 0.1) is 11.0 Å². The third-order valence-corrected chi connectivity index (χ3v) is 12.0. The monoisotopic (exact) mass is 793 g/mol. The zero-order chi connectivity index (χ0) is 41.2. The van der Waals surface area contributed by atoms with E-state index in [1.807, 2.05) is 0 Å². The molecule has 1 N–H and O–H groups in total. The van der Waals surface area contributed by atoms with Crippen LogP contribution in [0.5, 0.6) is 0 Å². The highest BCUT2D eigenvalue weighted by Gasteiger charge is 2.21. The quantitative estimate of drug-likeness (QED) is 0.157. The lowest BCUT2D eigenvalue weighted by Crippen LogP contribution is -2.10. The Hall–Kier alpha value is -8.14. The molecule has 0 atom stereocenters. The van der Waals surface area contributed by atoms with Crippen LogP contribution in [-0.2, 0) is 0 Å². The number of benzene rings is 9. The second kappa shape index (κ2) is 16.1. The molecular formula is C59H43N3. The van der Waals surface area contributed by atoms with Gasteiger partial charge in [-0.25, -0.2) is 0 Å². The third-order valence-electron chi connectivity index (χ3n) is 12.0. The average Bonchev–Trinajstić information content (AvgIpc) is 3.70. The largest absolute Gasteiger partial charge is 0.387 e. The fourth-order valence-electron chi connectivity index (χ4n) is 9.02. The summed E-state index contributed by atoms with van der Waals surface area (Å²) in [6.07, 6.45) is 6.44. The molecule has 0 unspecified atom stereocenters. The van der Waals surface area contributed by atoms with E-state index in [4.69, 9.17) is 0 Å². The summed E-state index contributed by atoms with van der Waals surface area (Å²) in [6.45, 7) is 0.860. The van der Waals surface area contributed by atoms with Crippen LogP contribution in [0.1, 0.15) is 5.56 Å². The van der Waals surface area contributed by atoms with Gasteiger partial charge in [0.1, 0.15) is 0 Å². The predicted octanol–water partition coefficient (Wildman–Crippen LogP) is 15.4. The zero-order valence-corrected chi connectivity index (χ0v) is 34.2. The summed E-state index contributed by atoms with van der Waals surface area (Å²) in [5, 5.41) is 5.82. The molecule has 0 fully saturated rings. The van der Waals surface area contributed by atoms with Crippen LogP contribution in [0.15, 0.2) is 243 Å². The average molecular weight is 794 g/mol. The Kier molecular flexibility index (Phi) is 9.61. The van der Waals surface area contributed by atoms with E-state index in [0.29, 0.717) is 0 Å². The van der Waals surface area contributed by atoms with E-state index in [1.165, 1.54) is 71.9 Å². The van der Waals surface area contributed by atoms with Crippen LogP contribution >= 0.6 is 0 Å². The van der Waals surface area contributed by atoms with Gasteiger partial charge in [-0.2, -0.15) is 0 Å². The first-order valence-corrected chi connectivity index (χ1v) is 21.3. The van der Waals surface area contributed by atoms with Crippen molar-refractivity contribution in [2.24, 2.45) is 0 Å². The molecule has 62 heavy (non-hydrogen) atoms. The Morgan fingerprint density at radius 1 is 0.403 bits per heavy atom. The minimum atomic E-state index is 0.860. The number of allylic oxidation sites excluding steroid dienone is 2. The van der Waals surface area contributed by atoms with Crippen LogP contribution in [0.2, 0.25) is 0 Å². The zero-order valence-electron chi connectivity index (χ0n) is 34.2. The van der Waals surface area contributed by atoms with Gasteiger partial charge in [0.2, 0.25) is 0 Å². The molecule has 10 aromatic rings. The Balaban J connectivity index is 1.05. The van der Waals surface area contributed by atoms with E-state index in [1.54, 1.807) is 0 Å². The van der Waals surface area contributed by atoms with Gasteiger partial charge in [-0.3, -0.25) is 0 Å². The maximum atomic E-state index is 3.35. The van der Waals surface area contributed by atoms with Gasteiger partial charge in [-0.15, -0.1) is 0 Å². The van der Waals surface area contributed by atoms with Crippen molar-refractivity contribution < 1.29 is 0 Å². The highest BCUT2D eigenvalue weighted by atomic mass is 15.1.